The number of nitrogens with zero attached hydrogens (tertiary/aromatic N) is 4. The second-order valence-corrected chi connectivity index (χ2v) is 9.23. The van der Waals surface area contributed by atoms with Gasteiger partial charge in [0, 0.05) is 25.0 Å². The number of imidazole rings is 1. The lowest BCUT2D eigenvalue weighted by atomic mass is 10.1. The van der Waals surface area contributed by atoms with Crippen LogP contribution in [0.3, 0.4) is 0 Å². The molecular formula is C19H14F8N4O2S. The Morgan fingerprint density at radius 1 is 0.971 bits per heavy atom. The Morgan fingerprint density at radius 3 is 2.18 bits per heavy atom. The van der Waals surface area contributed by atoms with Crippen molar-refractivity contribution in [3.63, 3.8) is 0 Å². The predicted octanol–water partition coefficient (Wildman–Crippen LogP) is 4.77. The fourth-order valence-corrected chi connectivity index (χ4v) is 4.05. The first-order valence-corrected chi connectivity index (χ1v) is 10.9. The molecule has 0 aliphatic carbocycles. The first-order chi connectivity index (χ1) is 15.6. The summed E-state index contributed by atoms with van der Waals surface area (Å²) >= 11 is 0. The smallest absolute Gasteiger partial charge is 0.325 e. The summed E-state index contributed by atoms with van der Waals surface area (Å²) in [5.74, 6) is -14.3. The second-order valence-electron chi connectivity index (χ2n) is 6.98. The van der Waals surface area contributed by atoms with Crippen molar-refractivity contribution in [2.75, 3.05) is 5.75 Å². The number of pyridine rings is 2. The summed E-state index contributed by atoms with van der Waals surface area (Å²) in [5, 5.41) is 0. The number of sulfone groups is 1. The molecule has 3 rings (SSSR count). The normalized spacial score (nSPS) is 13.4. The fraction of sp³-hybridized carbons (Fsp3) is 0.316. The predicted molar refractivity (Wildman–Crippen MR) is 102 cm³/mol. The van der Waals surface area contributed by atoms with E-state index in [0.717, 1.165) is 18.3 Å². The summed E-state index contributed by atoms with van der Waals surface area (Å²) in [5.41, 5.74) is -2.84. The largest absolute Gasteiger partial charge is 0.460 e. The molecule has 0 aliphatic heterocycles. The van der Waals surface area contributed by atoms with Crippen molar-refractivity contribution in [3.05, 3.63) is 48.3 Å². The first-order valence-electron chi connectivity index (χ1n) is 9.24. The van der Waals surface area contributed by atoms with E-state index in [-0.39, 0.29) is 22.0 Å². The van der Waals surface area contributed by atoms with E-state index in [2.05, 4.69) is 15.0 Å². The number of hydrogen-bond acceptors (Lipinski definition) is 5. The van der Waals surface area contributed by atoms with E-state index in [1.807, 2.05) is 0 Å². The van der Waals surface area contributed by atoms with Crippen LogP contribution in [0.15, 0.2) is 41.7 Å². The lowest BCUT2D eigenvalue weighted by molar-refractivity contribution is -0.360. The highest BCUT2D eigenvalue weighted by molar-refractivity contribution is 7.91. The van der Waals surface area contributed by atoms with Gasteiger partial charge in [-0.3, -0.25) is 9.97 Å². The average molecular weight is 514 g/mol. The van der Waals surface area contributed by atoms with Crippen LogP contribution >= 0.6 is 0 Å². The van der Waals surface area contributed by atoms with Gasteiger partial charge < -0.3 is 4.57 Å². The lowest BCUT2D eigenvalue weighted by Gasteiger charge is -2.28. The van der Waals surface area contributed by atoms with Crippen LogP contribution in [0.4, 0.5) is 35.1 Å². The summed E-state index contributed by atoms with van der Waals surface area (Å²) < 4.78 is 133. The molecule has 0 saturated carbocycles. The van der Waals surface area contributed by atoms with E-state index >= 15 is 0 Å². The number of alkyl halides is 7. The van der Waals surface area contributed by atoms with E-state index in [1.165, 1.54) is 19.2 Å². The highest BCUT2D eigenvalue weighted by Crippen LogP contribution is 2.52. The molecule has 0 unspecified atom stereocenters. The molecule has 0 aliphatic rings. The minimum Gasteiger partial charge on any atom is -0.325 e. The van der Waals surface area contributed by atoms with Crippen LogP contribution in [0.2, 0.25) is 0 Å². The van der Waals surface area contributed by atoms with Gasteiger partial charge in [-0.2, -0.15) is 30.7 Å². The van der Waals surface area contributed by atoms with Gasteiger partial charge in [-0.15, -0.1) is 0 Å². The van der Waals surface area contributed by atoms with Crippen LogP contribution in [-0.2, 0) is 22.8 Å². The summed E-state index contributed by atoms with van der Waals surface area (Å²) in [4.78, 5) is 10.4. The molecule has 15 heteroatoms. The lowest BCUT2D eigenvalue weighted by Crippen LogP contribution is -2.50. The van der Waals surface area contributed by atoms with E-state index in [0.29, 0.717) is 7.05 Å². The zero-order chi connectivity index (χ0) is 25.7. The van der Waals surface area contributed by atoms with Gasteiger partial charge in [0.2, 0.25) is 0 Å². The third-order valence-electron chi connectivity index (χ3n) is 4.87. The molecule has 0 N–H and O–H groups in total. The van der Waals surface area contributed by atoms with Gasteiger partial charge in [-0.25, -0.2) is 17.8 Å². The first kappa shape index (κ1) is 25.5. The highest BCUT2D eigenvalue weighted by Gasteiger charge is 2.74. The van der Waals surface area contributed by atoms with Crippen molar-refractivity contribution >= 4 is 9.84 Å². The van der Waals surface area contributed by atoms with Crippen LogP contribution in [0.25, 0.3) is 22.8 Å². The van der Waals surface area contributed by atoms with Crippen molar-refractivity contribution in [2.24, 2.45) is 7.05 Å². The van der Waals surface area contributed by atoms with Gasteiger partial charge in [0.15, 0.2) is 15.7 Å². The Bertz CT molecular complexity index is 1340. The molecule has 34 heavy (non-hydrogen) atoms. The molecule has 3 aromatic rings. The third kappa shape index (κ3) is 4.01. The quantitative estimate of drug-likeness (QED) is 0.443. The summed E-state index contributed by atoms with van der Waals surface area (Å²) in [6, 6.07) is 3.25. The van der Waals surface area contributed by atoms with Crippen LogP contribution < -0.4 is 0 Å². The van der Waals surface area contributed by atoms with E-state index in [4.69, 9.17) is 0 Å². The maximum Gasteiger partial charge on any atom is 0.460 e. The molecule has 0 saturated heterocycles. The van der Waals surface area contributed by atoms with Crippen molar-refractivity contribution in [1.82, 2.24) is 19.5 Å². The van der Waals surface area contributed by atoms with Crippen LogP contribution in [0.1, 0.15) is 12.6 Å². The Kier molecular flexibility index (Phi) is 6.22. The maximum absolute atomic E-state index is 14.2. The minimum absolute atomic E-state index is 0.0747. The van der Waals surface area contributed by atoms with Crippen molar-refractivity contribution in [2.45, 2.75) is 29.8 Å². The monoisotopic (exact) mass is 514 g/mol. The molecule has 0 bridgehead atoms. The average Bonchev–Trinajstić information content (AvgIpc) is 3.14. The van der Waals surface area contributed by atoms with Crippen LogP contribution in [0, 0.1) is 5.82 Å². The molecule has 0 amide bonds. The Morgan fingerprint density at radius 2 is 1.62 bits per heavy atom. The van der Waals surface area contributed by atoms with Gasteiger partial charge in [-0.1, -0.05) is 6.92 Å². The van der Waals surface area contributed by atoms with E-state index < -0.39 is 61.5 Å². The zero-order valence-electron chi connectivity index (χ0n) is 17.2. The SMILES string of the molecule is CCS(=O)(=O)c1cc(-c2ncccc2F)cnc1-c1ncc(C(F)(F)C(F)(F)C(F)(F)F)n1C. The van der Waals surface area contributed by atoms with Crippen molar-refractivity contribution in [1.29, 1.82) is 0 Å². The number of rotatable bonds is 6. The number of aromatic nitrogens is 4. The van der Waals surface area contributed by atoms with Gasteiger partial charge >= 0.3 is 18.0 Å². The topological polar surface area (TPSA) is 77.7 Å². The highest BCUT2D eigenvalue weighted by atomic mass is 32.2. The fourth-order valence-electron chi connectivity index (χ4n) is 2.99. The van der Waals surface area contributed by atoms with Crippen LogP contribution in [0.5, 0.6) is 0 Å². The standard InChI is InChI=1S/C19H14F8N4O2S/c1-3-34(32,33)12-7-10(14-11(20)5-4-6-28-14)8-29-15(12)16-30-9-13(31(16)2)17(21,22)18(23,24)19(25,26)27/h4-9H,3H2,1-2H3. The van der Waals surface area contributed by atoms with Gasteiger partial charge in [0.05, 0.1) is 16.8 Å². The van der Waals surface area contributed by atoms with Gasteiger partial charge in [-0.05, 0) is 18.2 Å². The third-order valence-corrected chi connectivity index (χ3v) is 6.61. The minimum atomic E-state index is -6.58. The molecular weight excluding hydrogens is 500 g/mol. The van der Waals surface area contributed by atoms with Gasteiger partial charge in [0.25, 0.3) is 0 Å². The Labute approximate surface area is 187 Å². The summed E-state index contributed by atoms with van der Waals surface area (Å²) in [6.07, 6.45) is -4.35. The number of halogens is 8. The summed E-state index contributed by atoms with van der Waals surface area (Å²) in [7, 11) is -3.49. The molecule has 6 nitrogen and oxygen atoms in total. The van der Waals surface area contributed by atoms with Crippen molar-refractivity contribution in [3.8, 4) is 22.8 Å². The second kappa shape index (κ2) is 8.29. The molecule has 0 atom stereocenters. The van der Waals surface area contributed by atoms with Gasteiger partial charge in [0.1, 0.15) is 22.9 Å². The molecule has 0 fully saturated rings. The van der Waals surface area contributed by atoms with Crippen LogP contribution in [-0.4, -0.2) is 45.8 Å². The maximum atomic E-state index is 14.2. The van der Waals surface area contributed by atoms with Crippen molar-refractivity contribution < 1.29 is 43.5 Å². The molecule has 0 radical (unpaired) electrons. The Balaban J connectivity index is 2.24. The molecule has 0 spiro atoms. The molecule has 3 heterocycles. The zero-order valence-corrected chi connectivity index (χ0v) is 18.0. The van der Waals surface area contributed by atoms with E-state index in [9.17, 15) is 43.5 Å². The Hall–Kier alpha value is -3.10. The summed E-state index contributed by atoms with van der Waals surface area (Å²) in [6.45, 7) is 1.23. The molecule has 0 aromatic carbocycles. The molecule has 184 valence electrons. The molecule has 3 aromatic heterocycles. The number of hydrogen-bond donors (Lipinski definition) is 0. The van der Waals surface area contributed by atoms with E-state index in [1.54, 1.807) is 0 Å².